The second-order valence-corrected chi connectivity index (χ2v) is 6.15. The van der Waals surface area contributed by atoms with Gasteiger partial charge in [-0.2, -0.15) is 0 Å². The molecule has 0 spiro atoms. The summed E-state index contributed by atoms with van der Waals surface area (Å²) in [6, 6.07) is 5.02. The van der Waals surface area contributed by atoms with Crippen LogP contribution in [-0.4, -0.2) is 28.4 Å². The fraction of sp³-hybridized carbons (Fsp3) is 0.571. The summed E-state index contributed by atoms with van der Waals surface area (Å²) < 4.78 is 10.8. The van der Waals surface area contributed by atoms with E-state index in [0.717, 1.165) is 0 Å². The zero-order valence-electron chi connectivity index (χ0n) is 11.3. The lowest BCUT2D eigenvalue weighted by Crippen LogP contribution is -2.22. The third-order valence-corrected chi connectivity index (χ3v) is 3.95. The summed E-state index contributed by atoms with van der Waals surface area (Å²) in [6.07, 6.45) is -1.19. The zero-order chi connectivity index (χ0) is 14.9. The van der Waals surface area contributed by atoms with Gasteiger partial charge in [0.05, 0.1) is 16.1 Å². The molecule has 6 heteroatoms. The molecular formula is C14H18Cl2O4. The van der Waals surface area contributed by atoms with Gasteiger partial charge in [-0.1, -0.05) is 29.3 Å². The zero-order valence-corrected chi connectivity index (χ0v) is 12.9. The monoisotopic (exact) mass is 320 g/mol. The van der Waals surface area contributed by atoms with Crippen molar-refractivity contribution in [3.8, 4) is 0 Å². The number of hydrogen-bond donors (Lipinski definition) is 2. The van der Waals surface area contributed by atoms with E-state index < -0.39 is 24.3 Å². The van der Waals surface area contributed by atoms with Crippen molar-refractivity contribution in [2.45, 2.75) is 51.0 Å². The first-order valence-corrected chi connectivity index (χ1v) is 7.21. The van der Waals surface area contributed by atoms with E-state index in [0.29, 0.717) is 28.5 Å². The van der Waals surface area contributed by atoms with E-state index in [1.807, 2.05) is 0 Å². The maximum Gasteiger partial charge on any atom is 0.184 e. The molecule has 0 radical (unpaired) electrons. The third kappa shape index (κ3) is 3.85. The van der Waals surface area contributed by atoms with Crippen molar-refractivity contribution in [2.24, 2.45) is 0 Å². The van der Waals surface area contributed by atoms with Crippen molar-refractivity contribution in [3.63, 3.8) is 0 Å². The predicted octanol–water partition coefficient (Wildman–Crippen LogP) is 3.28. The van der Waals surface area contributed by atoms with Crippen LogP contribution in [0.3, 0.4) is 0 Å². The van der Waals surface area contributed by atoms with Gasteiger partial charge in [0.15, 0.2) is 12.1 Å². The molecule has 1 aliphatic rings. The van der Waals surface area contributed by atoms with Crippen LogP contribution in [0.25, 0.3) is 0 Å². The lowest BCUT2D eigenvalue weighted by atomic mass is 10.0. The fourth-order valence-corrected chi connectivity index (χ4v) is 2.53. The van der Waals surface area contributed by atoms with Gasteiger partial charge in [-0.25, -0.2) is 0 Å². The summed E-state index contributed by atoms with van der Waals surface area (Å²) in [4.78, 5) is 0. The Bertz CT molecular complexity index is 478. The van der Waals surface area contributed by atoms with E-state index >= 15 is 0 Å². The van der Waals surface area contributed by atoms with Crippen LogP contribution in [0.2, 0.25) is 10.0 Å². The molecular weight excluding hydrogens is 303 g/mol. The quantitative estimate of drug-likeness (QED) is 0.893. The summed E-state index contributed by atoms with van der Waals surface area (Å²) >= 11 is 11.8. The van der Waals surface area contributed by atoms with Gasteiger partial charge in [0.25, 0.3) is 0 Å². The molecule has 1 aliphatic heterocycles. The van der Waals surface area contributed by atoms with Crippen molar-refractivity contribution in [1.82, 2.24) is 0 Å². The standard InChI is InChI=1S/C14H18Cl2O4/c1-14(2)19-12(13(18)20-14)6-5-11(17)8-3-4-9(15)10(16)7-8/h3-4,7,11-13,17-18H,5-6H2,1-2H3. The summed E-state index contributed by atoms with van der Waals surface area (Å²) in [7, 11) is 0. The predicted molar refractivity (Wildman–Crippen MR) is 76.7 cm³/mol. The van der Waals surface area contributed by atoms with Gasteiger partial charge >= 0.3 is 0 Å². The molecule has 0 aromatic heterocycles. The van der Waals surface area contributed by atoms with Gasteiger partial charge in [-0.05, 0) is 44.4 Å². The largest absolute Gasteiger partial charge is 0.388 e. The molecule has 2 rings (SSSR count). The molecule has 0 bridgehead atoms. The van der Waals surface area contributed by atoms with Crippen LogP contribution in [0.4, 0.5) is 0 Å². The maximum absolute atomic E-state index is 10.1. The number of halogens is 2. The molecule has 0 aliphatic carbocycles. The number of benzene rings is 1. The second kappa shape index (κ2) is 6.18. The van der Waals surface area contributed by atoms with Gasteiger partial charge in [-0.3, -0.25) is 0 Å². The first-order chi connectivity index (χ1) is 9.28. The second-order valence-electron chi connectivity index (χ2n) is 5.33. The molecule has 20 heavy (non-hydrogen) atoms. The topological polar surface area (TPSA) is 58.9 Å². The average Bonchev–Trinajstić information content (AvgIpc) is 2.62. The number of aliphatic hydroxyl groups excluding tert-OH is 2. The molecule has 112 valence electrons. The number of rotatable bonds is 4. The lowest BCUT2D eigenvalue weighted by molar-refractivity contribution is -0.174. The molecule has 0 amide bonds. The highest BCUT2D eigenvalue weighted by Crippen LogP contribution is 2.32. The van der Waals surface area contributed by atoms with E-state index in [1.165, 1.54) is 0 Å². The molecule has 1 fully saturated rings. The van der Waals surface area contributed by atoms with Crippen LogP contribution in [-0.2, 0) is 9.47 Å². The smallest absolute Gasteiger partial charge is 0.184 e. The molecule has 1 aromatic carbocycles. The van der Waals surface area contributed by atoms with E-state index in [4.69, 9.17) is 32.7 Å². The SMILES string of the molecule is CC1(C)OC(O)C(CCC(O)c2ccc(Cl)c(Cl)c2)O1. The summed E-state index contributed by atoms with van der Waals surface area (Å²) in [5.41, 5.74) is 0.687. The summed E-state index contributed by atoms with van der Waals surface area (Å²) in [5.74, 6) is -0.793. The third-order valence-electron chi connectivity index (χ3n) is 3.21. The Balaban J connectivity index is 1.92. The van der Waals surface area contributed by atoms with Gasteiger partial charge in [-0.15, -0.1) is 0 Å². The highest BCUT2D eigenvalue weighted by atomic mass is 35.5. The van der Waals surface area contributed by atoms with Crippen LogP contribution < -0.4 is 0 Å². The van der Waals surface area contributed by atoms with Crippen molar-refractivity contribution in [1.29, 1.82) is 0 Å². The lowest BCUT2D eigenvalue weighted by Gasteiger charge is -2.17. The Labute approximate surface area is 128 Å². The average molecular weight is 321 g/mol. The van der Waals surface area contributed by atoms with Crippen LogP contribution in [0.5, 0.6) is 0 Å². The Morgan fingerprint density at radius 3 is 2.50 bits per heavy atom. The molecule has 3 atom stereocenters. The molecule has 1 saturated heterocycles. The molecule has 4 nitrogen and oxygen atoms in total. The summed E-state index contributed by atoms with van der Waals surface area (Å²) in [6.45, 7) is 3.48. The molecule has 2 N–H and O–H groups in total. The highest BCUT2D eigenvalue weighted by Gasteiger charge is 2.40. The minimum Gasteiger partial charge on any atom is -0.388 e. The Kier molecular flexibility index (Phi) is 4.95. The van der Waals surface area contributed by atoms with Gasteiger partial charge in [0, 0.05) is 0 Å². The Morgan fingerprint density at radius 2 is 1.95 bits per heavy atom. The van der Waals surface area contributed by atoms with Crippen molar-refractivity contribution >= 4 is 23.2 Å². The van der Waals surface area contributed by atoms with Gasteiger partial charge < -0.3 is 19.7 Å². The molecule has 0 saturated carbocycles. The van der Waals surface area contributed by atoms with Crippen molar-refractivity contribution < 1.29 is 19.7 Å². The minimum absolute atomic E-state index is 0.407. The highest BCUT2D eigenvalue weighted by molar-refractivity contribution is 6.42. The minimum atomic E-state index is -0.967. The number of ether oxygens (including phenoxy) is 2. The van der Waals surface area contributed by atoms with E-state index in [2.05, 4.69) is 0 Å². The molecule has 1 heterocycles. The van der Waals surface area contributed by atoms with E-state index in [1.54, 1.807) is 32.0 Å². The van der Waals surface area contributed by atoms with Gasteiger partial charge in [0.2, 0.25) is 0 Å². The molecule has 3 unspecified atom stereocenters. The van der Waals surface area contributed by atoms with Crippen LogP contribution in [0.1, 0.15) is 38.4 Å². The normalized spacial score (nSPS) is 26.7. The fourth-order valence-electron chi connectivity index (χ4n) is 2.23. The van der Waals surface area contributed by atoms with E-state index in [9.17, 15) is 10.2 Å². The van der Waals surface area contributed by atoms with Crippen LogP contribution in [0, 0.1) is 0 Å². The van der Waals surface area contributed by atoms with Crippen LogP contribution >= 0.6 is 23.2 Å². The molecule has 1 aromatic rings. The Morgan fingerprint density at radius 1 is 1.25 bits per heavy atom. The van der Waals surface area contributed by atoms with E-state index in [-0.39, 0.29) is 0 Å². The maximum atomic E-state index is 10.1. The van der Waals surface area contributed by atoms with Crippen molar-refractivity contribution in [2.75, 3.05) is 0 Å². The number of aliphatic hydroxyl groups is 2. The summed E-state index contributed by atoms with van der Waals surface area (Å²) in [5, 5.41) is 20.7. The van der Waals surface area contributed by atoms with Crippen LogP contribution in [0.15, 0.2) is 18.2 Å². The first-order valence-electron chi connectivity index (χ1n) is 6.45. The Hall–Kier alpha value is -0.360. The van der Waals surface area contributed by atoms with Crippen molar-refractivity contribution in [3.05, 3.63) is 33.8 Å². The first kappa shape index (κ1) is 16.0. The van der Waals surface area contributed by atoms with Gasteiger partial charge in [0.1, 0.15) is 6.10 Å². The number of hydrogen-bond acceptors (Lipinski definition) is 4.